The number of ether oxygens (including phenoxy) is 1. The van der Waals surface area contributed by atoms with Gasteiger partial charge in [-0.05, 0) is 42.3 Å². The Morgan fingerprint density at radius 3 is 2.29 bits per heavy atom. The molecule has 2 N–H and O–H groups in total. The van der Waals surface area contributed by atoms with Gasteiger partial charge in [-0.25, -0.2) is 13.2 Å². The van der Waals surface area contributed by atoms with Gasteiger partial charge in [-0.3, -0.25) is 0 Å². The van der Waals surface area contributed by atoms with E-state index < -0.39 is 23.5 Å². The van der Waals surface area contributed by atoms with Crippen LogP contribution in [0, 0.1) is 17.5 Å². The summed E-state index contributed by atoms with van der Waals surface area (Å²) in [5.41, 5.74) is 6.77. The average Bonchev–Trinajstić information content (AvgIpc) is 2.44. The predicted octanol–water partition coefficient (Wildman–Crippen LogP) is 4.31. The van der Waals surface area contributed by atoms with Gasteiger partial charge in [0.2, 0.25) is 0 Å². The first-order valence-electron chi connectivity index (χ1n) is 6.26. The molecule has 21 heavy (non-hydrogen) atoms. The van der Waals surface area contributed by atoms with E-state index >= 15 is 0 Å². The summed E-state index contributed by atoms with van der Waals surface area (Å²) in [5.74, 6) is -3.38. The molecule has 1 atom stereocenters. The fourth-order valence-corrected chi connectivity index (χ4v) is 2.56. The number of hydrogen-bond donors (Lipinski definition) is 1. The third-order valence-electron chi connectivity index (χ3n) is 2.98. The van der Waals surface area contributed by atoms with E-state index in [4.69, 9.17) is 10.5 Å². The summed E-state index contributed by atoms with van der Waals surface area (Å²) in [7, 11) is 0. The molecule has 2 aromatic carbocycles. The maximum Gasteiger partial charge on any atom is 0.194 e. The molecule has 0 heterocycles. The SMILES string of the molecule is CCOc1ccc(C(N)c2cc(F)c(F)c(F)c2)c(Br)c1. The average molecular weight is 360 g/mol. The number of halogens is 4. The standard InChI is InChI=1S/C15H13BrF3NO/c1-2-21-9-3-4-10(11(16)7-9)15(20)8-5-12(17)14(19)13(18)6-8/h3-7,15H,2,20H2,1H3. The molecule has 112 valence electrons. The molecule has 0 spiro atoms. The van der Waals surface area contributed by atoms with Crippen LogP contribution in [0.1, 0.15) is 24.1 Å². The van der Waals surface area contributed by atoms with Crippen molar-refractivity contribution in [1.29, 1.82) is 0 Å². The highest BCUT2D eigenvalue weighted by molar-refractivity contribution is 9.10. The molecule has 0 aliphatic carbocycles. The third-order valence-corrected chi connectivity index (χ3v) is 3.67. The summed E-state index contributed by atoms with van der Waals surface area (Å²) in [6, 6.07) is 6.12. The predicted molar refractivity (Wildman–Crippen MR) is 77.7 cm³/mol. The van der Waals surface area contributed by atoms with Crippen LogP contribution in [-0.4, -0.2) is 6.61 Å². The molecule has 2 rings (SSSR count). The van der Waals surface area contributed by atoms with Crippen LogP contribution in [0.3, 0.4) is 0 Å². The first kappa shape index (κ1) is 15.9. The van der Waals surface area contributed by atoms with E-state index in [9.17, 15) is 13.2 Å². The maximum absolute atomic E-state index is 13.3. The Morgan fingerprint density at radius 2 is 1.76 bits per heavy atom. The summed E-state index contributed by atoms with van der Waals surface area (Å²) < 4.78 is 45.5. The molecule has 2 aromatic rings. The number of hydrogen-bond acceptors (Lipinski definition) is 2. The van der Waals surface area contributed by atoms with Gasteiger partial charge in [0.25, 0.3) is 0 Å². The minimum absolute atomic E-state index is 0.149. The fraction of sp³-hybridized carbons (Fsp3) is 0.200. The topological polar surface area (TPSA) is 35.2 Å². The Balaban J connectivity index is 2.38. The zero-order valence-electron chi connectivity index (χ0n) is 11.2. The number of rotatable bonds is 4. The molecular formula is C15H13BrF3NO. The van der Waals surface area contributed by atoms with Gasteiger partial charge in [0.1, 0.15) is 5.75 Å². The molecule has 0 fully saturated rings. The highest BCUT2D eigenvalue weighted by Crippen LogP contribution is 2.31. The highest BCUT2D eigenvalue weighted by atomic mass is 79.9. The smallest absolute Gasteiger partial charge is 0.194 e. The Labute approximate surface area is 128 Å². The Hall–Kier alpha value is -1.53. The van der Waals surface area contributed by atoms with Gasteiger partial charge < -0.3 is 10.5 Å². The monoisotopic (exact) mass is 359 g/mol. The molecule has 0 saturated heterocycles. The number of nitrogens with two attached hydrogens (primary N) is 1. The van der Waals surface area contributed by atoms with Crippen LogP contribution >= 0.6 is 15.9 Å². The molecule has 2 nitrogen and oxygen atoms in total. The van der Waals surface area contributed by atoms with E-state index in [1.165, 1.54) is 0 Å². The molecule has 0 aromatic heterocycles. The van der Waals surface area contributed by atoms with Gasteiger partial charge in [-0.1, -0.05) is 22.0 Å². The van der Waals surface area contributed by atoms with Crippen molar-refractivity contribution in [3.63, 3.8) is 0 Å². The minimum Gasteiger partial charge on any atom is -0.494 e. The van der Waals surface area contributed by atoms with Crippen LogP contribution < -0.4 is 10.5 Å². The van der Waals surface area contributed by atoms with E-state index in [0.717, 1.165) is 12.1 Å². The van der Waals surface area contributed by atoms with Crippen molar-refractivity contribution in [2.75, 3.05) is 6.61 Å². The lowest BCUT2D eigenvalue weighted by molar-refractivity contribution is 0.340. The maximum atomic E-state index is 13.3. The Kier molecular flexibility index (Phi) is 4.90. The van der Waals surface area contributed by atoms with Crippen molar-refractivity contribution in [3.05, 3.63) is 63.4 Å². The van der Waals surface area contributed by atoms with E-state index in [2.05, 4.69) is 15.9 Å². The Bertz CT molecular complexity index is 640. The summed E-state index contributed by atoms with van der Waals surface area (Å²) in [6.45, 7) is 2.38. The summed E-state index contributed by atoms with van der Waals surface area (Å²) in [4.78, 5) is 0. The van der Waals surface area contributed by atoms with Crippen LogP contribution in [-0.2, 0) is 0 Å². The zero-order valence-corrected chi connectivity index (χ0v) is 12.8. The van der Waals surface area contributed by atoms with Gasteiger partial charge in [0.15, 0.2) is 17.5 Å². The molecule has 0 bridgehead atoms. The fourth-order valence-electron chi connectivity index (χ4n) is 1.95. The van der Waals surface area contributed by atoms with Gasteiger partial charge in [-0.2, -0.15) is 0 Å². The second kappa shape index (κ2) is 6.49. The first-order chi connectivity index (χ1) is 9.93. The van der Waals surface area contributed by atoms with Gasteiger partial charge in [-0.15, -0.1) is 0 Å². The quantitative estimate of drug-likeness (QED) is 0.825. The zero-order chi connectivity index (χ0) is 15.6. The second-order valence-electron chi connectivity index (χ2n) is 4.39. The van der Waals surface area contributed by atoms with Crippen molar-refractivity contribution in [3.8, 4) is 5.75 Å². The largest absolute Gasteiger partial charge is 0.494 e. The van der Waals surface area contributed by atoms with Crippen molar-refractivity contribution in [2.45, 2.75) is 13.0 Å². The number of benzene rings is 2. The normalized spacial score (nSPS) is 12.3. The second-order valence-corrected chi connectivity index (χ2v) is 5.25. The molecule has 0 aliphatic rings. The summed E-state index contributed by atoms with van der Waals surface area (Å²) in [6.07, 6.45) is 0. The third kappa shape index (κ3) is 3.39. The van der Waals surface area contributed by atoms with E-state index in [1.54, 1.807) is 18.2 Å². The Morgan fingerprint density at radius 1 is 1.14 bits per heavy atom. The molecule has 1 unspecified atom stereocenters. The molecule has 0 radical (unpaired) electrons. The van der Waals surface area contributed by atoms with E-state index in [-0.39, 0.29) is 5.56 Å². The first-order valence-corrected chi connectivity index (χ1v) is 7.05. The molecule has 0 amide bonds. The molecule has 0 aliphatic heterocycles. The lowest BCUT2D eigenvalue weighted by Gasteiger charge is -2.16. The van der Waals surface area contributed by atoms with Gasteiger partial charge >= 0.3 is 0 Å². The molecular weight excluding hydrogens is 347 g/mol. The summed E-state index contributed by atoms with van der Waals surface area (Å²) in [5, 5.41) is 0. The molecule has 0 saturated carbocycles. The van der Waals surface area contributed by atoms with Gasteiger partial charge in [0.05, 0.1) is 12.6 Å². The minimum atomic E-state index is -1.50. The van der Waals surface area contributed by atoms with E-state index in [0.29, 0.717) is 22.4 Å². The van der Waals surface area contributed by atoms with Crippen LogP contribution in [0.25, 0.3) is 0 Å². The highest BCUT2D eigenvalue weighted by Gasteiger charge is 2.18. The summed E-state index contributed by atoms with van der Waals surface area (Å²) >= 11 is 3.34. The van der Waals surface area contributed by atoms with Crippen LogP contribution in [0.15, 0.2) is 34.8 Å². The van der Waals surface area contributed by atoms with Crippen LogP contribution in [0.4, 0.5) is 13.2 Å². The van der Waals surface area contributed by atoms with Crippen molar-refractivity contribution >= 4 is 15.9 Å². The van der Waals surface area contributed by atoms with Crippen LogP contribution in [0.2, 0.25) is 0 Å². The lowest BCUT2D eigenvalue weighted by Crippen LogP contribution is -2.14. The lowest BCUT2D eigenvalue weighted by atomic mass is 9.99. The van der Waals surface area contributed by atoms with E-state index in [1.807, 2.05) is 6.92 Å². The van der Waals surface area contributed by atoms with Crippen molar-refractivity contribution in [1.82, 2.24) is 0 Å². The van der Waals surface area contributed by atoms with Crippen molar-refractivity contribution < 1.29 is 17.9 Å². The molecule has 6 heteroatoms. The van der Waals surface area contributed by atoms with Gasteiger partial charge in [0, 0.05) is 4.47 Å². The van der Waals surface area contributed by atoms with Crippen LogP contribution in [0.5, 0.6) is 5.75 Å². The van der Waals surface area contributed by atoms with Crippen molar-refractivity contribution in [2.24, 2.45) is 5.73 Å².